The highest BCUT2D eigenvalue weighted by Crippen LogP contribution is 2.44. The molecule has 1 aromatic heterocycles. The zero-order chi connectivity index (χ0) is 12.6. The Hall–Kier alpha value is -0.470. The number of nitrogens with zero attached hydrogens (tertiary/aromatic N) is 1. The number of hydrogen-bond donors (Lipinski definition) is 1. The summed E-state index contributed by atoms with van der Waals surface area (Å²) in [7, 11) is 0. The van der Waals surface area contributed by atoms with Gasteiger partial charge >= 0.3 is 12.1 Å². The molecule has 0 aliphatic heterocycles. The molecular formula is C8H7BrClF5N2. The average Bonchev–Trinajstić information content (AvgIpc) is 2.15. The Kier molecular flexibility index (Phi) is 5.30. The molecular weight excluding hydrogens is 334 g/mol. The van der Waals surface area contributed by atoms with Crippen molar-refractivity contribution in [3.8, 4) is 0 Å². The second-order valence-corrected chi connectivity index (χ2v) is 3.73. The van der Waals surface area contributed by atoms with Crippen molar-refractivity contribution >= 4 is 28.3 Å². The van der Waals surface area contributed by atoms with E-state index in [1.807, 2.05) is 0 Å². The fraction of sp³-hybridized carbons (Fsp3) is 0.375. The van der Waals surface area contributed by atoms with Crippen LogP contribution >= 0.6 is 28.3 Å². The summed E-state index contributed by atoms with van der Waals surface area (Å²) in [5, 5.41) is 0. The van der Waals surface area contributed by atoms with Crippen molar-refractivity contribution < 1.29 is 22.0 Å². The van der Waals surface area contributed by atoms with Crippen LogP contribution in [0.1, 0.15) is 11.6 Å². The predicted octanol–water partition coefficient (Wildman–Crippen LogP) is 3.46. The van der Waals surface area contributed by atoms with Crippen molar-refractivity contribution in [2.75, 3.05) is 0 Å². The van der Waals surface area contributed by atoms with Crippen molar-refractivity contribution in [3.05, 3.63) is 28.5 Å². The van der Waals surface area contributed by atoms with E-state index in [1.165, 1.54) is 12.3 Å². The Balaban J connectivity index is 0.00000256. The van der Waals surface area contributed by atoms with Gasteiger partial charge < -0.3 is 5.73 Å². The number of rotatable bonds is 2. The Bertz CT molecular complexity index is 384. The van der Waals surface area contributed by atoms with Crippen molar-refractivity contribution in [2.24, 2.45) is 5.73 Å². The lowest BCUT2D eigenvalue weighted by molar-refractivity contribution is -0.291. The normalized spacial score (nSPS) is 14.1. The molecule has 0 fully saturated rings. The standard InChI is InChI=1S/C8H6BrF5N2.ClH/c9-6-4(2-1-3-16-6)5(15)7(10,11)8(12,13)14;/h1-3,5H,15H2;1H/t5-;/m0./s1. The molecule has 0 radical (unpaired) electrons. The van der Waals surface area contributed by atoms with E-state index >= 15 is 0 Å². The number of pyridine rings is 1. The molecule has 0 spiro atoms. The second kappa shape index (κ2) is 5.45. The van der Waals surface area contributed by atoms with Gasteiger partial charge in [-0.05, 0) is 22.0 Å². The summed E-state index contributed by atoms with van der Waals surface area (Å²) < 4.78 is 61.8. The molecule has 0 unspecified atom stereocenters. The number of halogens is 7. The zero-order valence-corrected chi connectivity index (χ0v) is 10.4. The van der Waals surface area contributed by atoms with Crippen LogP contribution in [0.4, 0.5) is 22.0 Å². The average molecular weight is 342 g/mol. The topological polar surface area (TPSA) is 38.9 Å². The van der Waals surface area contributed by atoms with Gasteiger partial charge in [-0.25, -0.2) is 4.98 Å². The summed E-state index contributed by atoms with van der Waals surface area (Å²) in [5.74, 6) is -5.00. The molecule has 0 amide bonds. The molecule has 0 aliphatic rings. The Morgan fingerprint density at radius 3 is 2.18 bits per heavy atom. The van der Waals surface area contributed by atoms with E-state index in [0.29, 0.717) is 0 Å². The molecule has 98 valence electrons. The Morgan fingerprint density at radius 2 is 1.76 bits per heavy atom. The summed E-state index contributed by atoms with van der Waals surface area (Å²) in [6.07, 6.45) is -4.45. The first-order valence-corrected chi connectivity index (χ1v) is 4.77. The third kappa shape index (κ3) is 3.26. The number of alkyl halides is 5. The first-order chi connectivity index (χ1) is 7.18. The molecule has 0 aromatic carbocycles. The molecule has 2 nitrogen and oxygen atoms in total. The van der Waals surface area contributed by atoms with Gasteiger partial charge in [0.15, 0.2) is 0 Å². The maximum absolute atomic E-state index is 12.9. The van der Waals surface area contributed by atoms with Gasteiger partial charge in [-0.3, -0.25) is 0 Å². The largest absolute Gasteiger partial charge is 0.455 e. The summed E-state index contributed by atoms with van der Waals surface area (Å²) in [4.78, 5) is 3.53. The zero-order valence-electron chi connectivity index (χ0n) is 8.01. The van der Waals surface area contributed by atoms with E-state index in [0.717, 1.165) is 6.07 Å². The van der Waals surface area contributed by atoms with Gasteiger partial charge in [-0.1, -0.05) is 6.07 Å². The molecule has 0 bridgehead atoms. The minimum Gasteiger partial charge on any atom is -0.319 e. The first-order valence-electron chi connectivity index (χ1n) is 3.98. The van der Waals surface area contributed by atoms with Crippen LogP contribution in [-0.2, 0) is 0 Å². The van der Waals surface area contributed by atoms with Gasteiger partial charge in [0.25, 0.3) is 0 Å². The highest BCUT2D eigenvalue weighted by Gasteiger charge is 2.62. The van der Waals surface area contributed by atoms with Crippen LogP contribution in [0.3, 0.4) is 0 Å². The fourth-order valence-electron chi connectivity index (χ4n) is 1.00. The van der Waals surface area contributed by atoms with E-state index in [2.05, 4.69) is 20.9 Å². The van der Waals surface area contributed by atoms with Crippen molar-refractivity contribution in [1.82, 2.24) is 4.98 Å². The summed E-state index contributed by atoms with van der Waals surface area (Å²) >= 11 is 2.76. The quantitative estimate of drug-likeness (QED) is 0.661. The molecule has 2 N–H and O–H groups in total. The van der Waals surface area contributed by atoms with Gasteiger partial charge in [-0.2, -0.15) is 22.0 Å². The van der Waals surface area contributed by atoms with E-state index in [1.54, 1.807) is 0 Å². The minimum absolute atomic E-state index is 0. The van der Waals surface area contributed by atoms with Gasteiger partial charge in [-0.15, -0.1) is 12.4 Å². The van der Waals surface area contributed by atoms with Crippen LogP contribution in [0.2, 0.25) is 0 Å². The summed E-state index contributed by atoms with van der Waals surface area (Å²) in [5.41, 5.74) is 4.52. The number of aromatic nitrogens is 1. The van der Waals surface area contributed by atoms with E-state index in [-0.39, 0.29) is 17.0 Å². The van der Waals surface area contributed by atoms with Crippen molar-refractivity contribution in [3.63, 3.8) is 0 Å². The SMILES string of the molecule is Cl.N[C@@H](c1cccnc1Br)C(F)(F)C(F)(F)F. The Labute approximate surface area is 108 Å². The predicted molar refractivity (Wildman–Crippen MR) is 57.1 cm³/mol. The number of hydrogen-bond acceptors (Lipinski definition) is 2. The van der Waals surface area contributed by atoms with Crippen LogP contribution in [0.15, 0.2) is 22.9 Å². The van der Waals surface area contributed by atoms with E-state index in [9.17, 15) is 22.0 Å². The lowest BCUT2D eigenvalue weighted by Crippen LogP contribution is -2.46. The lowest BCUT2D eigenvalue weighted by Gasteiger charge is -2.26. The molecule has 0 aliphatic carbocycles. The van der Waals surface area contributed by atoms with Crippen molar-refractivity contribution in [2.45, 2.75) is 18.1 Å². The van der Waals surface area contributed by atoms with Crippen LogP contribution in [0.5, 0.6) is 0 Å². The van der Waals surface area contributed by atoms with Gasteiger partial charge in [0, 0.05) is 11.8 Å². The van der Waals surface area contributed by atoms with Crippen LogP contribution in [0, 0.1) is 0 Å². The molecule has 1 atom stereocenters. The third-order valence-electron chi connectivity index (χ3n) is 1.89. The maximum Gasteiger partial charge on any atom is 0.455 e. The van der Waals surface area contributed by atoms with Crippen molar-refractivity contribution in [1.29, 1.82) is 0 Å². The minimum atomic E-state index is -5.69. The van der Waals surface area contributed by atoms with Crippen LogP contribution in [-0.4, -0.2) is 17.1 Å². The molecule has 17 heavy (non-hydrogen) atoms. The highest BCUT2D eigenvalue weighted by molar-refractivity contribution is 9.10. The van der Waals surface area contributed by atoms with Crippen LogP contribution in [0.25, 0.3) is 0 Å². The highest BCUT2D eigenvalue weighted by atomic mass is 79.9. The fourth-order valence-corrected chi connectivity index (χ4v) is 1.50. The smallest absolute Gasteiger partial charge is 0.319 e. The second-order valence-electron chi connectivity index (χ2n) is 2.98. The van der Waals surface area contributed by atoms with Crippen LogP contribution < -0.4 is 5.73 Å². The third-order valence-corrected chi connectivity index (χ3v) is 2.55. The summed E-state index contributed by atoms with van der Waals surface area (Å²) in [6, 6.07) is -0.205. The molecule has 1 aromatic rings. The number of nitrogens with two attached hydrogens (primary N) is 1. The van der Waals surface area contributed by atoms with Gasteiger partial charge in [0.05, 0.1) is 0 Å². The molecule has 1 rings (SSSR count). The van der Waals surface area contributed by atoms with Gasteiger partial charge in [0.1, 0.15) is 10.6 Å². The summed E-state index contributed by atoms with van der Waals surface area (Å²) in [6.45, 7) is 0. The molecule has 9 heteroatoms. The molecule has 1 heterocycles. The van der Waals surface area contributed by atoms with E-state index < -0.39 is 23.7 Å². The Morgan fingerprint density at radius 1 is 1.24 bits per heavy atom. The monoisotopic (exact) mass is 340 g/mol. The maximum atomic E-state index is 12.9. The molecule has 0 saturated heterocycles. The lowest BCUT2D eigenvalue weighted by atomic mass is 10.0. The first kappa shape index (κ1) is 16.5. The van der Waals surface area contributed by atoms with E-state index in [4.69, 9.17) is 5.73 Å². The molecule has 0 saturated carbocycles. The van der Waals surface area contributed by atoms with Gasteiger partial charge in [0.2, 0.25) is 0 Å².